The fourth-order valence-electron chi connectivity index (χ4n) is 1.83. The van der Waals surface area contributed by atoms with Crippen molar-refractivity contribution in [1.82, 2.24) is 5.43 Å². The molecule has 2 amide bonds. The van der Waals surface area contributed by atoms with Gasteiger partial charge < -0.3 is 5.32 Å². The summed E-state index contributed by atoms with van der Waals surface area (Å²) in [4.78, 5) is 21.9. The number of rotatable bonds is 5. The lowest BCUT2D eigenvalue weighted by Crippen LogP contribution is -2.24. The van der Waals surface area contributed by atoms with E-state index in [1.54, 1.807) is 6.07 Å². The maximum atomic E-state index is 11.7. The van der Waals surface area contributed by atoms with E-state index in [-0.39, 0.29) is 21.8 Å². The van der Waals surface area contributed by atoms with Crippen LogP contribution in [0.1, 0.15) is 5.56 Å². The van der Waals surface area contributed by atoms with Crippen LogP contribution in [0.25, 0.3) is 0 Å². The Kier molecular flexibility index (Phi) is 5.41. The molecule has 10 nitrogen and oxygen atoms in total. The Bertz CT molecular complexity index is 942. The summed E-state index contributed by atoms with van der Waals surface area (Å²) in [6.07, 6.45) is 1.12. The third-order valence-corrected chi connectivity index (χ3v) is 3.83. The molecule has 0 heterocycles. The van der Waals surface area contributed by atoms with Gasteiger partial charge in [0, 0.05) is 11.8 Å². The first-order valence-corrected chi connectivity index (χ1v) is 8.28. The quantitative estimate of drug-likeness (QED) is 0.415. The molecule has 0 unspecified atom stereocenters. The van der Waals surface area contributed by atoms with Crippen LogP contribution in [0.4, 0.5) is 16.2 Å². The monoisotopic (exact) mass is 363 g/mol. The minimum absolute atomic E-state index is 0.158. The van der Waals surface area contributed by atoms with Gasteiger partial charge in [0.1, 0.15) is 0 Å². The maximum absolute atomic E-state index is 11.7. The second-order valence-electron chi connectivity index (χ2n) is 4.71. The Hall–Kier alpha value is -3.31. The molecular weight excluding hydrogens is 350 g/mol. The number of hydrogen-bond acceptors (Lipinski definition) is 6. The summed E-state index contributed by atoms with van der Waals surface area (Å²) in [6, 6.07) is 10.4. The van der Waals surface area contributed by atoms with Crippen LogP contribution in [0.2, 0.25) is 0 Å². The number of nitrogens with one attached hydrogen (secondary N) is 2. The van der Waals surface area contributed by atoms with Crippen LogP contribution >= 0.6 is 0 Å². The van der Waals surface area contributed by atoms with E-state index in [0.29, 0.717) is 0 Å². The zero-order valence-electron chi connectivity index (χ0n) is 12.6. The molecule has 2 aromatic carbocycles. The molecule has 11 heteroatoms. The van der Waals surface area contributed by atoms with Crippen LogP contribution in [0, 0.1) is 10.1 Å². The third kappa shape index (κ3) is 5.09. The fraction of sp³-hybridized carbons (Fsp3) is 0. The number of para-hydroxylation sites is 1. The molecule has 0 radical (unpaired) electrons. The van der Waals surface area contributed by atoms with Crippen molar-refractivity contribution in [3.8, 4) is 0 Å². The molecule has 0 spiro atoms. The van der Waals surface area contributed by atoms with Crippen molar-refractivity contribution in [1.29, 1.82) is 0 Å². The minimum atomic E-state index is -3.89. The Morgan fingerprint density at radius 2 is 1.92 bits per heavy atom. The highest BCUT2D eigenvalue weighted by atomic mass is 32.2. The predicted molar refractivity (Wildman–Crippen MR) is 90.7 cm³/mol. The van der Waals surface area contributed by atoms with Gasteiger partial charge in [0.25, 0.3) is 5.69 Å². The van der Waals surface area contributed by atoms with Crippen molar-refractivity contribution < 1.29 is 18.1 Å². The van der Waals surface area contributed by atoms with E-state index < -0.39 is 21.0 Å². The smallest absolute Gasteiger partial charge is 0.306 e. The van der Waals surface area contributed by atoms with Gasteiger partial charge in [-0.15, -0.1) is 0 Å². The topological polar surface area (TPSA) is 157 Å². The van der Waals surface area contributed by atoms with Gasteiger partial charge >= 0.3 is 6.03 Å². The molecular formula is C14H13N5O5S. The number of anilines is 1. The maximum Gasteiger partial charge on any atom is 0.339 e. The first kappa shape index (κ1) is 18.0. The number of hydrazone groups is 1. The lowest BCUT2D eigenvalue weighted by atomic mass is 10.2. The van der Waals surface area contributed by atoms with Gasteiger partial charge in [0.2, 0.25) is 10.0 Å². The van der Waals surface area contributed by atoms with Gasteiger partial charge in [0.05, 0.1) is 21.6 Å². The summed E-state index contributed by atoms with van der Waals surface area (Å²) in [5, 5.41) is 21.8. The van der Waals surface area contributed by atoms with Crippen LogP contribution in [0.3, 0.4) is 0 Å². The number of nitrogens with zero attached hydrogens (tertiary/aromatic N) is 2. The van der Waals surface area contributed by atoms with E-state index in [4.69, 9.17) is 5.14 Å². The fourth-order valence-corrected chi connectivity index (χ4v) is 2.39. The van der Waals surface area contributed by atoms with Gasteiger partial charge in [-0.1, -0.05) is 18.2 Å². The second kappa shape index (κ2) is 7.51. The number of nitro benzene ring substituents is 1. The normalized spacial score (nSPS) is 11.2. The van der Waals surface area contributed by atoms with Gasteiger partial charge in [-0.2, -0.15) is 5.10 Å². The number of amides is 2. The Balaban J connectivity index is 2.03. The molecule has 0 aliphatic heterocycles. The minimum Gasteiger partial charge on any atom is -0.306 e. The summed E-state index contributed by atoms with van der Waals surface area (Å²) in [7, 11) is -3.89. The zero-order chi connectivity index (χ0) is 18.4. The second-order valence-corrected chi connectivity index (χ2v) is 6.27. The van der Waals surface area contributed by atoms with Crippen molar-refractivity contribution in [2.45, 2.75) is 4.90 Å². The van der Waals surface area contributed by atoms with Crippen molar-refractivity contribution in [2.75, 3.05) is 5.32 Å². The Morgan fingerprint density at radius 1 is 1.20 bits per heavy atom. The first-order chi connectivity index (χ1) is 11.8. The number of nitro groups is 1. The average Bonchev–Trinajstić information content (AvgIpc) is 2.54. The largest absolute Gasteiger partial charge is 0.339 e. The summed E-state index contributed by atoms with van der Waals surface area (Å²) >= 11 is 0. The van der Waals surface area contributed by atoms with Gasteiger partial charge in [-0.25, -0.2) is 23.8 Å². The summed E-state index contributed by atoms with van der Waals surface area (Å²) in [6.45, 7) is 0. The first-order valence-electron chi connectivity index (χ1n) is 6.74. The molecule has 0 atom stereocenters. The van der Waals surface area contributed by atoms with Crippen LogP contribution < -0.4 is 15.9 Å². The summed E-state index contributed by atoms with van der Waals surface area (Å²) in [5.41, 5.74) is 2.36. The van der Waals surface area contributed by atoms with Crippen LogP contribution in [-0.2, 0) is 10.0 Å². The van der Waals surface area contributed by atoms with E-state index in [2.05, 4.69) is 15.8 Å². The Labute approximate surface area is 142 Å². The lowest BCUT2D eigenvalue weighted by Gasteiger charge is -2.05. The van der Waals surface area contributed by atoms with Gasteiger partial charge in [0.15, 0.2) is 0 Å². The standard InChI is InChI=1S/C14H13N5O5S/c15-25(23,24)12-6-3-5-11(8-12)17-14(20)18-16-9-10-4-1-2-7-13(10)19(21)22/h1-9H,(H2,15,23,24)(H2,17,18,20)/b16-9+. The molecule has 0 saturated carbocycles. The number of primary sulfonamides is 1. The van der Waals surface area contributed by atoms with Crippen LogP contribution in [0.5, 0.6) is 0 Å². The number of nitrogens with two attached hydrogens (primary N) is 1. The Morgan fingerprint density at radius 3 is 2.60 bits per heavy atom. The predicted octanol–water partition coefficient (Wildman–Crippen LogP) is 1.40. The zero-order valence-corrected chi connectivity index (χ0v) is 13.4. The number of carbonyl (C=O) groups excluding carboxylic acids is 1. The molecule has 2 rings (SSSR count). The molecule has 0 saturated heterocycles. The van der Waals surface area contributed by atoms with E-state index in [9.17, 15) is 23.3 Å². The van der Waals surface area contributed by atoms with E-state index >= 15 is 0 Å². The van der Waals surface area contributed by atoms with Gasteiger partial charge in [-0.05, 0) is 24.3 Å². The van der Waals surface area contributed by atoms with Crippen molar-refractivity contribution in [2.24, 2.45) is 10.2 Å². The number of urea groups is 1. The molecule has 0 bridgehead atoms. The molecule has 2 aromatic rings. The molecule has 0 aliphatic carbocycles. The van der Waals surface area contributed by atoms with E-state index in [0.717, 1.165) is 6.21 Å². The molecule has 25 heavy (non-hydrogen) atoms. The van der Waals surface area contributed by atoms with Crippen LogP contribution in [-0.4, -0.2) is 25.6 Å². The van der Waals surface area contributed by atoms with Crippen molar-refractivity contribution in [3.63, 3.8) is 0 Å². The molecule has 0 fully saturated rings. The van der Waals surface area contributed by atoms with Gasteiger partial charge in [-0.3, -0.25) is 10.1 Å². The third-order valence-electron chi connectivity index (χ3n) is 2.92. The highest BCUT2D eigenvalue weighted by Gasteiger charge is 2.11. The highest BCUT2D eigenvalue weighted by molar-refractivity contribution is 7.89. The lowest BCUT2D eigenvalue weighted by molar-refractivity contribution is -0.385. The summed E-state index contributed by atoms with van der Waals surface area (Å²) in [5.74, 6) is 0. The molecule has 0 aliphatic rings. The number of benzene rings is 2. The van der Waals surface area contributed by atoms with E-state index in [1.807, 2.05) is 0 Å². The SMILES string of the molecule is NS(=O)(=O)c1cccc(NC(=O)N/N=C/c2ccccc2[N+](=O)[O-])c1. The van der Waals surface area contributed by atoms with Crippen LogP contribution in [0.15, 0.2) is 58.5 Å². The highest BCUT2D eigenvalue weighted by Crippen LogP contribution is 2.15. The summed E-state index contributed by atoms with van der Waals surface area (Å²) < 4.78 is 22.5. The number of hydrogen-bond donors (Lipinski definition) is 3. The molecule has 130 valence electrons. The van der Waals surface area contributed by atoms with Crippen molar-refractivity contribution >= 4 is 33.6 Å². The average molecular weight is 363 g/mol. The molecule has 4 N–H and O–H groups in total. The number of sulfonamides is 1. The van der Waals surface area contributed by atoms with Crippen molar-refractivity contribution in [3.05, 3.63) is 64.2 Å². The van der Waals surface area contributed by atoms with E-state index in [1.165, 1.54) is 42.5 Å². The molecule has 0 aromatic heterocycles. The number of carbonyl (C=O) groups is 1.